The molecule has 0 aromatic heterocycles. The molecule has 1 atom stereocenters. The molecule has 0 saturated heterocycles. The van der Waals surface area contributed by atoms with Gasteiger partial charge in [-0.05, 0) is 61.7 Å². The zero-order valence-electron chi connectivity index (χ0n) is 13.9. The van der Waals surface area contributed by atoms with Crippen LogP contribution in [0.1, 0.15) is 79.6 Å². The molecular weight excluding hydrogens is 246 g/mol. The number of rotatable bonds is 1. The Hall–Kier alpha value is -0.550. The Balaban J connectivity index is 2.24. The lowest BCUT2D eigenvalue weighted by Crippen LogP contribution is -2.56. The summed E-state index contributed by atoms with van der Waals surface area (Å²) in [4.78, 5) is 0. The lowest BCUT2D eigenvalue weighted by Gasteiger charge is -2.52. The monoisotopic (exact) mass is 277 g/mol. The predicted octanol–water partition coefficient (Wildman–Crippen LogP) is 4.67. The van der Waals surface area contributed by atoms with Gasteiger partial charge in [-0.25, -0.2) is 0 Å². The van der Waals surface area contributed by atoms with Crippen molar-refractivity contribution in [3.05, 3.63) is 0 Å². The van der Waals surface area contributed by atoms with Gasteiger partial charge in [-0.2, -0.15) is 5.26 Å². The molecule has 114 valence electrons. The molecule has 2 fully saturated rings. The summed E-state index contributed by atoms with van der Waals surface area (Å²) >= 11 is 0. The molecule has 1 N–H and O–H groups in total. The minimum Gasteiger partial charge on any atom is -0.388 e. The molecule has 2 aliphatic carbocycles. The molecule has 0 radical (unpaired) electrons. The van der Waals surface area contributed by atoms with E-state index in [0.29, 0.717) is 11.3 Å². The smallest absolute Gasteiger partial charge is 0.0883 e. The fourth-order valence-electron chi connectivity index (χ4n) is 4.81. The average Bonchev–Trinajstić information content (AvgIpc) is 2.64. The molecule has 2 rings (SSSR count). The van der Waals surface area contributed by atoms with E-state index in [2.05, 4.69) is 40.7 Å². The molecule has 0 bridgehead atoms. The van der Waals surface area contributed by atoms with Crippen LogP contribution in [0, 0.1) is 33.5 Å². The average molecular weight is 277 g/mol. The fraction of sp³-hybridized carbons (Fsp3) is 0.944. The van der Waals surface area contributed by atoms with E-state index in [1.807, 2.05) is 0 Å². The molecular formula is C18H31NO. The van der Waals surface area contributed by atoms with Gasteiger partial charge in [-0.1, -0.05) is 34.6 Å². The van der Waals surface area contributed by atoms with Crippen LogP contribution in [0.15, 0.2) is 0 Å². The van der Waals surface area contributed by atoms with Crippen molar-refractivity contribution < 1.29 is 5.11 Å². The van der Waals surface area contributed by atoms with E-state index in [1.54, 1.807) is 0 Å². The summed E-state index contributed by atoms with van der Waals surface area (Å²) < 4.78 is 0. The highest BCUT2D eigenvalue weighted by atomic mass is 16.3. The first-order chi connectivity index (χ1) is 9.08. The summed E-state index contributed by atoms with van der Waals surface area (Å²) in [6.45, 7) is 11.2. The third kappa shape index (κ3) is 2.19. The van der Waals surface area contributed by atoms with Crippen molar-refractivity contribution in [3.63, 3.8) is 0 Å². The molecule has 0 aromatic carbocycles. The Morgan fingerprint density at radius 1 is 1.05 bits per heavy atom. The van der Waals surface area contributed by atoms with E-state index < -0.39 is 11.0 Å². The highest BCUT2D eigenvalue weighted by Gasteiger charge is 2.61. The van der Waals surface area contributed by atoms with Crippen molar-refractivity contribution in [2.75, 3.05) is 0 Å². The van der Waals surface area contributed by atoms with Crippen LogP contribution in [0.2, 0.25) is 0 Å². The van der Waals surface area contributed by atoms with Gasteiger partial charge in [0.2, 0.25) is 0 Å². The van der Waals surface area contributed by atoms with Crippen molar-refractivity contribution in [1.82, 2.24) is 0 Å². The first-order valence-corrected chi connectivity index (χ1v) is 8.22. The van der Waals surface area contributed by atoms with Gasteiger partial charge in [0.1, 0.15) is 0 Å². The maximum absolute atomic E-state index is 11.4. The molecule has 2 nitrogen and oxygen atoms in total. The van der Waals surface area contributed by atoms with Crippen LogP contribution in [0.3, 0.4) is 0 Å². The van der Waals surface area contributed by atoms with Gasteiger partial charge in [0.05, 0.1) is 17.1 Å². The van der Waals surface area contributed by atoms with Gasteiger partial charge < -0.3 is 5.11 Å². The van der Waals surface area contributed by atoms with Gasteiger partial charge in [0, 0.05) is 0 Å². The number of aliphatic hydroxyl groups is 1. The number of nitrogens with zero attached hydrogens (tertiary/aromatic N) is 1. The Kier molecular flexibility index (Phi) is 3.75. The van der Waals surface area contributed by atoms with E-state index in [4.69, 9.17) is 0 Å². The zero-order valence-corrected chi connectivity index (χ0v) is 13.9. The minimum absolute atomic E-state index is 0.128. The minimum atomic E-state index is -0.794. The maximum Gasteiger partial charge on any atom is 0.0883 e. The highest BCUT2D eigenvalue weighted by molar-refractivity contribution is 5.19. The normalized spacial score (nSPS) is 41.4. The number of nitriles is 1. The van der Waals surface area contributed by atoms with Crippen LogP contribution in [0.5, 0.6) is 0 Å². The highest BCUT2D eigenvalue weighted by Crippen LogP contribution is 2.60. The molecule has 2 heteroatoms. The van der Waals surface area contributed by atoms with Gasteiger partial charge >= 0.3 is 0 Å². The molecule has 0 spiro atoms. The van der Waals surface area contributed by atoms with Crippen LogP contribution in [0.25, 0.3) is 0 Å². The van der Waals surface area contributed by atoms with Crippen molar-refractivity contribution in [3.8, 4) is 6.07 Å². The molecule has 0 aliphatic heterocycles. The van der Waals surface area contributed by atoms with Gasteiger partial charge in [0.25, 0.3) is 0 Å². The van der Waals surface area contributed by atoms with Crippen LogP contribution in [0.4, 0.5) is 0 Å². The molecule has 1 unspecified atom stereocenters. The molecule has 2 aliphatic rings. The van der Waals surface area contributed by atoms with Gasteiger partial charge in [-0.3, -0.25) is 0 Å². The van der Waals surface area contributed by atoms with E-state index in [9.17, 15) is 10.4 Å². The lowest BCUT2D eigenvalue weighted by atomic mass is 9.53. The molecule has 0 amide bonds. The second kappa shape index (κ2) is 4.73. The van der Waals surface area contributed by atoms with Gasteiger partial charge in [-0.15, -0.1) is 0 Å². The standard InChI is InChI=1S/C18H31NO/c1-15(2,3)14-7-11-17(13-19,12-8-14)18(20)10-6-9-16(18,4)5/h14,20H,6-12H2,1-5H3. The summed E-state index contributed by atoms with van der Waals surface area (Å²) in [6, 6.07) is 2.58. The molecule has 2 saturated carbocycles. The molecule has 0 heterocycles. The molecule has 0 aromatic rings. The topological polar surface area (TPSA) is 44.0 Å². The third-order valence-corrected chi connectivity index (χ3v) is 6.53. The summed E-state index contributed by atoms with van der Waals surface area (Å²) in [5, 5.41) is 21.2. The largest absolute Gasteiger partial charge is 0.388 e. The van der Waals surface area contributed by atoms with Crippen molar-refractivity contribution in [2.45, 2.75) is 85.2 Å². The van der Waals surface area contributed by atoms with E-state index >= 15 is 0 Å². The van der Waals surface area contributed by atoms with Crippen molar-refractivity contribution >= 4 is 0 Å². The first kappa shape index (κ1) is 15.8. The Morgan fingerprint density at radius 2 is 1.60 bits per heavy atom. The zero-order chi connectivity index (χ0) is 15.2. The first-order valence-electron chi connectivity index (χ1n) is 8.22. The second-order valence-corrected chi connectivity index (χ2v) is 8.93. The van der Waals surface area contributed by atoms with Crippen LogP contribution in [-0.4, -0.2) is 10.7 Å². The fourth-order valence-corrected chi connectivity index (χ4v) is 4.81. The summed E-state index contributed by atoms with van der Waals surface area (Å²) in [6.07, 6.45) is 6.78. The van der Waals surface area contributed by atoms with Crippen molar-refractivity contribution in [1.29, 1.82) is 5.26 Å². The van der Waals surface area contributed by atoms with E-state index in [1.165, 1.54) is 0 Å². The second-order valence-electron chi connectivity index (χ2n) is 8.93. The maximum atomic E-state index is 11.4. The quantitative estimate of drug-likeness (QED) is 0.756. The number of hydrogen-bond acceptors (Lipinski definition) is 2. The van der Waals surface area contributed by atoms with Crippen LogP contribution < -0.4 is 0 Å². The summed E-state index contributed by atoms with van der Waals surface area (Å²) in [5.74, 6) is 0.678. The Labute approximate surface area is 124 Å². The van der Waals surface area contributed by atoms with Crippen LogP contribution in [-0.2, 0) is 0 Å². The molecule has 20 heavy (non-hydrogen) atoms. The van der Waals surface area contributed by atoms with E-state index in [-0.39, 0.29) is 5.41 Å². The third-order valence-electron chi connectivity index (χ3n) is 6.53. The Bertz CT molecular complexity index is 404. The predicted molar refractivity (Wildman–Crippen MR) is 82.0 cm³/mol. The SMILES string of the molecule is CC(C)(C)C1CCC(C#N)(C2(O)CCCC2(C)C)CC1. The Morgan fingerprint density at radius 3 is 1.95 bits per heavy atom. The van der Waals surface area contributed by atoms with Crippen LogP contribution >= 0.6 is 0 Å². The summed E-state index contributed by atoms with van der Waals surface area (Å²) in [5.41, 5.74) is -1.13. The number of hydrogen-bond donors (Lipinski definition) is 1. The van der Waals surface area contributed by atoms with E-state index in [0.717, 1.165) is 44.9 Å². The summed E-state index contributed by atoms with van der Waals surface area (Å²) in [7, 11) is 0. The van der Waals surface area contributed by atoms with Crippen molar-refractivity contribution in [2.24, 2.45) is 22.2 Å². The van der Waals surface area contributed by atoms with Gasteiger partial charge in [0.15, 0.2) is 0 Å². The lowest BCUT2D eigenvalue weighted by molar-refractivity contribution is -0.140.